The normalized spacial score (nSPS) is 17.4. The van der Waals surface area contributed by atoms with Gasteiger partial charge in [0.15, 0.2) is 0 Å². The second-order valence-corrected chi connectivity index (χ2v) is 7.34. The molecule has 30 heavy (non-hydrogen) atoms. The average Bonchev–Trinajstić information content (AvgIpc) is 3.18. The van der Waals surface area contributed by atoms with Crippen LogP contribution < -0.4 is 15.6 Å². The molecule has 2 aliphatic heterocycles. The molecule has 0 aliphatic carbocycles. The van der Waals surface area contributed by atoms with Crippen LogP contribution in [0.5, 0.6) is 0 Å². The molecule has 0 spiro atoms. The minimum absolute atomic E-state index is 0.0389. The Morgan fingerprint density at radius 3 is 2.77 bits per heavy atom. The van der Waals surface area contributed by atoms with Gasteiger partial charge >= 0.3 is 0 Å². The predicted octanol–water partition coefficient (Wildman–Crippen LogP) is 2.58. The van der Waals surface area contributed by atoms with Crippen molar-refractivity contribution in [1.82, 2.24) is 20.6 Å². The molecule has 0 bridgehead atoms. The maximum absolute atomic E-state index is 12.8. The number of amidine groups is 1. The van der Waals surface area contributed by atoms with E-state index in [1.165, 1.54) is 0 Å². The number of rotatable bonds is 7. The van der Waals surface area contributed by atoms with Crippen molar-refractivity contribution in [2.45, 2.75) is 32.0 Å². The third kappa shape index (κ3) is 4.44. The van der Waals surface area contributed by atoms with Gasteiger partial charge < -0.3 is 10.2 Å². The third-order valence-electron chi connectivity index (χ3n) is 4.84. The summed E-state index contributed by atoms with van der Waals surface area (Å²) in [5.41, 5.74) is 4.45. The highest BCUT2D eigenvalue weighted by Crippen LogP contribution is 2.25. The van der Waals surface area contributed by atoms with Crippen molar-refractivity contribution in [1.29, 1.82) is 0 Å². The van der Waals surface area contributed by atoms with Crippen LogP contribution in [-0.2, 0) is 16.1 Å². The van der Waals surface area contributed by atoms with Crippen LogP contribution in [-0.4, -0.2) is 33.7 Å². The first-order chi connectivity index (χ1) is 14.6. The fourth-order valence-electron chi connectivity index (χ4n) is 3.28. The fraction of sp³-hybridized carbons (Fsp3) is 0.238. The number of pyridine rings is 1. The molecule has 0 saturated carbocycles. The summed E-state index contributed by atoms with van der Waals surface area (Å²) in [4.78, 5) is 32.4. The first-order valence-electron chi connectivity index (χ1n) is 9.66. The molecule has 2 amide bonds. The fourth-order valence-corrected chi connectivity index (χ4v) is 3.41. The Kier molecular flexibility index (Phi) is 5.94. The van der Waals surface area contributed by atoms with Gasteiger partial charge in [-0.15, -0.1) is 0 Å². The van der Waals surface area contributed by atoms with Crippen LogP contribution in [0.1, 0.15) is 25.0 Å². The average molecular weight is 425 g/mol. The molecule has 4 rings (SSSR count). The van der Waals surface area contributed by atoms with Crippen molar-refractivity contribution in [2.75, 3.05) is 4.90 Å². The van der Waals surface area contributed by atoms with Crippen LogP contribution in [0.2, 0.25) is 5.02 Å². The highest BCUT2D eigenvalue weighted by atomic mass is 35.5. The molecular weight excluding hydrogens is 404 g/mol. The summed E-state index contributed by atoms with van der Waals surface area (Å²) in [7, 11) is 0. The van der Waals surface area contributed by atoms with E-state index in [1.54, 1.807) is 46.5 Å². The van der Waals surface area contributed by atoms with Crippen molar-refractivity contribution in [3.8, 4) is 0 Å². The third-order valence-corrected chi connectivity index (χ3v) is 5.09. The summed E-state index contributed by atoms with van der Waals surface area (Å²) < 4.78 is 0. The summed E-state index contributed by atoms with van der Waals surface area (Å²) in [5, 5.41) is 7.77. The van der Waals surface area contributed by atoms with E-state index < -0.39 is 6.17 Å². The quantitative estimate of drug-likeness (QED) is 0.713. The first kappa shape index (κ1) is 19.9. The number of nitrogens with one attached hydrogen (secondary N) is 2. The number of carbonyl (C=O) groups is 2. The van der Waals surface area contributed by atoms with Crippen LogP contribution in [0.4, 0.5) is 5.69 Å². The Bertz CT molecular complexity index is 977. The molecule has 0 fully saturated rings. The number of benzene rings is 1. The number of fused-ring (bicyclic) bond motifs is 1. The SMILES string of the molecule is O=C(CCCC1=NNC2C(=O)N(c3ccc(Cl)cc3)C=CN12)NCc1ccccn1. The number of anilines is 1. The van der Waals surface area contributed by atoms with E-state index in [0.29, 0.717) is 30.8 Å². The Morgan fingerprint density at radius 2 is 2.00 bits per heavy atom. The van der Waals surface area contributed by atoms with Crippen LogP contribution >= 0.6 is 11.6 Å². The van der Waals surface area contributed by atoms with E-state index in [4.69, 9.17) is 11.6 Å². The second-order valence-electron chi connectivity index (χ2n) is 6.90. The molecule has 1 aromatic heterocycles. The molecule has 0 radical (unpaired) electrons. The molecule has 0 saturated heterocycles. The molecular formula is C21H21ClN6O2. The minimum Gasteiger partial charge on any atom is -0.350 e. The summed E-state index contributed by atoms with van der Waals surface area (Å²) in [6.45, 7) is 0.411. The zero-order valence-corrected chi connectivity index (χ0v) is 16.9. The lowest BCUT2D eigenvalue weighted by Gasteiger charge is -2.32. The van der Waals surface area contributed by atoms with Crippen molar-refractivity contribution >= 4 is 34.9 Å². The van der Waals surface area contributed by atoms with E-state index >= 15 is 0 Å². The van der Waals surface area contributed by atoms with Gasteiger partial charge in [0.05, 0.1) is 12.2 Å². The van der Waals surface area contributed by atoms with Gasteiger partial charge in [0.1, 0.15) is 5.84 Å². The number of amides is 2. The van der Waals surface area contributed by atoms with Crippen molar-refractivity contribution in [2.24, 2.45) is 5.10 Å². The lowest BCUT2D eigenvalue weighted by atomic mass is 10.2. The van der Waals surface area contributed by atoms with Crippen molar-refractivity contribution in [3.63, 3.8) is 0 Å². The van der Waals surface area contributed by atoms with Gasteiger partial charge in [-0.3, -0.25) is 24.9 Å². The Hall–Kier alpha value is -3.39. The van der Waals surface area contributed by atoms with E-state index in [2.05, 4.69) is 20.8 Å². The van der Waals surface area contributed by atoms with E-state index in [1.807, 2.05) is 24.4 Å². The topological polar surface area (TPSA) is 89.9 Å². The predicted molar refractivity (Wildman–Crippen MR) is 114 cm³/mol. The smallest absolute Gasteiger partial charge is 0.276 e. The van der Waals surface area contributed by atoms with Gasteiger partial charge in [-0.25, -0.2) is 0 Å². The number of carbonyl (C=O) groups excluding carboxylic acids is 2. The van der Waals surface area contributed by atoms with Gasteiger partial charge in [-0.1, -0.05) is 17.7 Å². The van der Waals surface area contributed by atoms with Crippen LogP contribution in [0, 0.1) is 0 Å². The summed E-state index contributed by atoms with van der Waals surface area (Å²) in [5.74, 6) is 0.562. The summed E-state index contributed by atoms with van der Waals surface area (Å²) in [6.07, 6.45) is 6.23. The van der Waals surface area contributed by atoms with Crippen molar-refractivity contribution in [3.05, 3.63) is 71.8 Å². The molecule has 154 valence electrons. The van der Waals surface area contributed by atoms with Crippen LogP contribution in [0.15, 0.2) is 66.2 Å². The largest absolute Gasteiger partial charge is 0.350 e. The van der Waals surface area contributed by atoms with E-state index in [9.17, 15) is 9.59 Å². The van der Waals surface area contributed by atoms with E-state index in [-0.39, 0.29) is 11.8 Å². The van der Waals surface area contributed by atoms with E-state index in [0.717, 1.165) is 17.2 Å². The number of halogens is 1. The molecule has 9 heteroatoms. The molecule has 1 atom stereocenters. The number of hydrogen-bond donors (Lipinski definition) is 2. The lowest BCUT2D eigenvalue weighted by molar-refractivity contribution is -0.122. The maximum Gasteiger partial charge on any atom is 0.276 e. The van der Waals surface area contributed by atoms with Gasteiger partial charge in [0, 0.05) is 42.1 Å². The zero-order chi connectivity index (χ0) is 20.9. The Morgan fingerprint density at radius 1 is 1.17 bits per heavy atom. The van der Waals surface area contributed by atoms with Gasteiger partial charge in [-0.2, -0.15) is 5.10 Å². The maximum atomic E-state index is 12.8. The van der Waals surface area contributed by atoms with Gasteiger partial charge in [-0.05, 0) is 42.8 Å². The number of nitrogens with zero attached hydrogens (tertiary/aromatic N) is 4. The monoisotopic (exact) mass is 424 g/mol. The molecule has 2 aromatic rings. The lowest BCUT2D eigenvalue weighted by Crippen LogP contribution is -2.52. The molecule has 2 aliphatic rings. The highest BCUT2D eigenvalue weighted by Gasteiger charge is 2.37. The molecule has 8 nitrogen and oxygen atoms in total. The first-order valence-corrected chi connectivity index (χ1v) is 10.0. The second kappa shape index (κ2) is 8.96. The Balaban J connectivity index is 1.27. The minimum atomic E-state index is -0.585. The highest BCUT2D eigenvalue weighted by molar-refractivity contribution is 6.30. The number of hydrogen-bond acceptors (Lipinski definition) is 6. The molecule has 2 N–H and O–H groups in total. The molecule has 1 aromatic carbocycles. The number of aromatic nitrogens is 1. The van der Waals surface area contributed by atoms with Crippen molar-refractivity contribution < 1.29 is 9.59 Å². The van der Waals surface area contributed by atoms with Gasteiger partial charge in [0.25, 0.3) is 5.91 Å². The summed E-state index contributed by atoms with van der Waals surface area (Å²) >= 11 is 5.92. The van der Waals surface area contributed by atoms with Crippen LogP contribution in [0.3, 0.4) is 0 Å². The summed E-state index contributed by atoms with van der Waals surface area (Å²) in [6, 6.07) is 12.7. The van der Waals surface area contributed by atoms with Gasteiger partial charge in [0.2, 0.25) is 12.1 Å². The standard InChI is InChI=1S/C21H21ClN6O2/c22-15-7-9-17(10-8-15)27-12-13-28-18(25-26-20(28)21(27)30)5-3-6-19(29)24-14-16-4-1-2-11-23-16/h1-2,4,7-13,20,26H,3,5-6,14H2,(H,24,29). The molecule has 3 heterocycles. The zero-order valence-electron chi connectivity index (χ0n) is 16.2. The Labute approximate surface area is 179 Å². The van der Waals surface area contributed by atoms with Crippen LogP contribution in [0.25, 0.3) is 0 Å². The number of hydrazone groups is 1. The molecule has 1 unspecified atom stereocenters.